The number of halogens is 3. The Morgan fingerprint density at radius 3 is 2.44 bits per heavy atom. The molecule has 0 radical (unpaired) electrons. The van der Waals surface area contributed by atoms with Crippen molar-refractivity contribution >= 4 is 0 Å². The summed E-state index contributed by atoms with van der Waals surface area (Å²) < 4.78 is 41.1. The molecule has 0 fully saturated rings. The van der Waals surface area contributed by atoms with Gasteiger partial charge in [-0.05, 0) is 66.6 Å². The molecule has 0 aliphatic heterocycles. The molecule has 0 nitrogen and oxygen atoms in total. The average Bonchev–Trinajstić information content (AvgIpc) is 2.60. The highest BCUT2D eigenvalue weighted by atomic mass is 19.2. The molecule has 1 aliphatic carbocycles. The Hall–Kier alpha value is -2.03. The highest BCUT2D eigenvalue weighted by Crippen LogP contribution is 2.32. The van der Waals surface area contributed by atoms with Crippen molar-refractivity contribution in [1.82, 2.24) is 0 Å². The first-order valence-electron chi connectivity index (χ1n) is 9.03. The zero-order valence-electron chi connectivity index (χ0n) is 14.5. The lowest BCUT2D eigenvalue weighted by Gasteiger charge is -2.19. The Bertz CT molecular complexity index is 790. The fourth-order valence-corrected chi connectivity index (χ4v) is 3.44. The molecule has 132 valence electrons. The van der Waals surface area contributed by atoms with Gasteiger partial charge in [0.2, 0.25) is 0 Å². The third-order valence-corrected chi connectivity index (χ3v) is 4.90. The van der Waals surface area contributed by atoms with Crippen LogP contribution >= 0.6 is 0 Å². The van der Waals surface area contributed by atoms with Gasteiger partial charge in [-0.15, -0.1) is 0 Å². The van der Waals surface area contributed by atoms with Crippen molar-refractivity contribution in [2.75, 3.05) is 0 Å². The van der Waals surface area contributed by atoms with Gasteiger partial charge < -0.3 is 0 Å². The van der Waals surface area contributed by atoms with Gasteiger partial charge in [-0.1, -0.05) is 43.9 Å². The average molecular weight is 344 g/mol. The first-order valence-corrected chi connectivity index (χ1v) is 9.03. The molecule has 0 saturated carbocycles. The van der Waals surface area contributed by atoms with Crippen molar-refractivity contribution in [3.8, 4) is 11.1 Å². The zero-order valence-corrected chi connectivity index (χ0v) is 14.5. The van der Waals surface area contributed by atoms with Crippen LogP contribution in [0.15, 0.2) is 42.0 Å². The lowest BCUT2D eigenvalue weighted by atomic mass is 9.87. The van der Waals surface area contributed by atoms with E-state index in [1.807, 2.05) is 0 Å². The summed E-state index contributed by atoms with van der Waals surface area (Å²) in [6, 6.07) is 6.85. The van der Waals surface area contributed by atoms with Gasteiger partial charge in [-0.3, -0.25) is 0 Å². The first-order chi connectivity index (χ1) is 12.1. The summed E-state index contributed by atoms with van der Waals surface area (Å²) in [6.07, 6.45) is 9.78. The minimum Gasteiger partial charge on any atom is -0.206 e. The first kappa shape index (κ1) is 17.8. The molecule has 0 saturated heterocycles. The number of benzene rings is 2. The predicted octanol–water partition coefficient (Wildman–Crippen LogP) is 6.77. The van der Waals surface area contributed by atoms with Crippen molar-refractivity contribution in [3.05, 3.63) is 70.6 Å². The zero-order chi connectivity index (χ0) is 17.8. The second-order valence-corrected chi connectivity index (χ2v) is 6.78. The van der Waals surface area contributed by atoms with Gasteiger partial charge in [0, 0.05) is 5.56 Å². The van der Waals surface area contributed by atoms with E-state index < -0.39 is 11.6 Å². The molecule has 0 heterocycles. The number of unbranched alkanes of at least 4 members (excludes halogenated alkanes) is 3. The fourth-order valence-electron chi connectivity index (χ4n) is 3.44. The van der Waals surface area contributed by atoms with Gasteiger partial charge in [0.1, 0.15) is 5.82 Å². The molecule has 1 aliphatic rings. The molecule has 0 bridgehead atoms. The molecule has 3 rings (SSSR count). The van der Waals surface area contributed by atoms with E-state index in [1.165, 1.54) is 37.3 Å². The molecule has 0 unspecified atom stereocenters. The second-order valence-electron chi connectivity index (χ2n) is 6.78. The maximum Gasteiger partial charge on any atom is 0.159 e. The number of rotatable bonds is 6. The van der Waals surface area contributed by atoms with E-state index in [2.05, 4.69) is 13.0 Å². The lowest BCUT2D eigenvalue weighted by molar-refractivity contribution is 0.509. The molecular weight excluding hydrogens is 321 g/mol. The van der Waals surface area contributed by atoms with Gasteiger partial charge in [0.15, 0.2) is 11.6 Å². The Balaban J connectivity index is 1.78. The Morgan fingerprint density at radius 1 is 0.840 bits per heavy atom. The van der Waals surface area contributed by atoms with Crippen LogP contribution in [0.5, 0.6) is 0 Å². The molecule has 0 N–H and O–H groups in total. The molecule has 0 aromatic heterocycles. The normalized spacial score (nSPS) is 13.5. The van der Waals surface area contributed by atoms with Crippen LogP contribution in [0.4, 0.5) is 13.2 Å². The molecule has 0 amide bonds. The smallest absolute Gasteiger partial charge is 0.159 e. The topological polar surface area (TPSA) is 0 Å². The van der Waals surface area contributed by atoms with Crippen LogP contribution in [0.25, 0.3) is 11.1 Å². The van der Waals surface area contributed by atoms with E-state index in [4.69, 9.17) is 0 Å². The number of allylic oxidation sites excluding steroid dienone is 2. The van der Waals surface area contributed by atoms with Gasteiger partial charge in [0.25, 0.3) is 0 Å². The maximum absolute atomic E-state index is 14.5. The maximum atomic E-state index is 14.5. The summed E-state index contributed by atoms with van der Waals surface area (Å²) in [5.74, 6) is -2.25. The van der Waals surface area contributed by atoms with Gasteiger partial charge in [-0.2, -0.15) is 0 Å². The van der Waals surface area contributed by atoms with Gasteiger partial charge in [-0.25, -0.2) is 13.2 Å². The van der Waals surface area contributed by atoms with Crippen molar-refractivity contribution in [1.29, 1.82) is 0 Å². The van der Waals surface area contributed by atoms with Crippen LogP contribution in [0.2, 0.25) is 0 Å². The molecule has 2 aromatic carbocycles. The summed E-state index contributed by atoms with van der Waals surface area (Å²) in [7, 11) is 0. The Labute approximate surface area is 147 Å². The van der Waals surface area contributed by atoms with E-state index in [0.29, 0.717) is 11.1 Å². The number of hydrogen-bond donors (Lipinski definition) is 0. The van der Waals surface area contributed by atoms with Crippen LogP contribution in [-0.4, -0.2) is 0 Å². The Kier molecular flexibility index (Phi) is 5.62. The van der Waals surface area contributed by atoms with Crippen LogP contribution in [0.1, 0.15) is 50.2 Å². The standard InChI is InChI=1S/C22H23F3/c1-2-3-4-5-6-15-7-8-16-12-19(21(24)14-18(16)11-15)17-9-10-20(23)22(25)13-17/h7,9-10,12-14H,2-6,8,11H2,1H3. The largest absolute Gasteiger partial charge is 0.206 e. The van der Waals surface area contributed by atoms with Gasteiger partial charge >= 0.3 is 0 Å². The SMILES string of the molecule is CCCCCCC1=CCc2cc(-c3ccc(F)c(F)c3)c(F)cc2C1. The van der Waals surface area contributed by atoms with Crippen molar-refractivity contribution in [3.63, 3.8) is 0 Å². The summed E-state index contributed by atoms with van der Waals surface area (Å²) in [5, 5.41) is 0. The van der Waals surface area contributed by atoms with Crippen LogP contribution in [0.3, 0.4) is 0 Å². The molecule has 0 atom stereocenters. The quantitative estimate of drug-likeness (QED) is 0.401. The van der Waals surface area contributed by atoms with Crippen LogP contribution in [0, 0.1) is 17.5 Å². The monoisotopic (exact) mass is 344 g/mol. The predicted molar refractivity (Wildman–Crippen MR) is 96.0 cm³/mol. The molecule has 0 spiro atoms. The molecule has 2 aromatic rings. The molecular formula is C22H23F3. The fraction of sp³-hybridized carbons (Fsp3) is 0.364. The van der Waals surface area contributed by atoms with E-state index in [0.717, 1.165) is 42.5 Å². The van der Waals surface area contributed by atoms with Gasteiger partial charge in [0.05, 0.1) is 0 Å². The molecule has 25 heavy (non-hydrogen) atoms. The minimum absolute atomic E-state index is 0.331. The van der Waals surface area contributed by atoms with E-state index >= 15 is 0 Å². The van der Waals surface area contributed by atoms with Crippen molar-refractivity contribution < 1.29 is 13.2 Å². The van der Waals surface area contributed by atoms with Crippen LogP contribution in [-0.2, 0) is 12.8 Å². The summed E-state index contributed by atoms with van der Waals surface area (Å²) in [4.78, 5) is 0. The van der Waals surface area contributed by atoms with Crippen LogP contribution < -0.4 is 0 Å². The highest BCUT2D eigenvalue weighted by molar-refractivity contribution is 5.66. The minimum atomic E-state index is -0.955. The summed E-state index contributed by atoms with van der Waals surface area (Å²) in [6.45, 7) is 2.20. The third-order valence-electron chi connectivity index (χ3n) is 4.90. The Morgan fingerprint density at radius 2 is 1.68 bits per heavy atom. The van der Waals surface area contributed by atoms with E-state index in [-0.39, 0.29) is 5.82 Å². The van der Waals surface area contributed by atoms with Crippen molar-refractivity contribution in [2.45, 2.75) is 51.9 Å². The number of fused-ring (bicyclic) bond motifs is 1. The third kappa shape index (κ3) is 4.15. The number of hydrogen-bond acceptors (Lipinski definition) is 0. The lowest BCUT2D eigenvalue weighted by Crippen LogP contribution is -2.05. The second kappa shape index (κ2) is 7.90. The van der Waals surface area contributed by atoms with Crippen molar-refractivity contribution in [2.24, 2.45) is 0 Å². The highest BCUT2D eigenvalue weighted by Gasteiger charge is 2.16. The summed E-state index contributed by atoms with van der Waals surface area (Å²) in [5.41, 5.74) is 4.16. The van der Waals surface area contributed by atoms with E-state index in [1.54, 1.807) is 12.1 Å². The van der Waals surface area contributed by atoms with E-state index in [9.17, 15) is 13.2 Å². The molecule has 3 heteroatoms. The summed E-state index contributed by atoms with van der Waals surface area (Å²) >= 11 is 0.